The maximum atomic E-state index is 10.4. The summed E-state index contributed by atoms with van der Waals surface area (Å²) in [7, 11) is 1.74. The third-order valence-corrected chi connectivity index (χ3v) is 1.98. The highest BCUT2D eigenvalue weighted by Crippen LogP contribution is 1.84. The predicted molar refractivity (Wildman–Crippen MR) is 48.9 cm³/mol. The van der Waals surface area contributed by atoms with Gasteiger partial charge in [0.15, 0.2) is 6.40 Å². The van der Waals surface area contributed by atoms with Gasteiger partial charge in [-0.25, -0.2) is 0 Å². The Balaban J connectivity index is 0.000000127. The summed E-state index contributed by atoms with van der Waals surface area (Å²) >= 11 is 1.41. The van der Waals surface area contributed by atoms with Crippen LogP contribution in [0.3, 0.4) is 0 Å². The smallest absolute Gasteiger partial charge is 0.260 e. The van der Waals surface area contributed by atoms with Crippen LogP contribution in [0.25, 0.3) is 0 Å². The largest absolute Gasteiger partial charge is 0.482 e. The Morgan fingerprint density at radius 1 is 1.75 bits per heavy atom. The van der Waals surface area contributed by atoms with E-state index in [0.29, 0.717) is 0 Å². The summed E-state index contributed by atoms with van der Waals surface area (Å²) in [4.78, 5) is 14.1. The highest BCUT2D eigenvalue weighted by atomic mass is 32.1. The molecule has 2 rings (SSSR count). The van der Waals surface area contributed by atoms with E-state index < -0.39 is 0 Å². The van der Waals surface area contributed by atoms with E-state index >= 15 is 0 Å². The lowest BCUT2D eigenvalue weighted by atomic mass is 10.7. The predicted octanol–water partition coefficient (Wildman–Crippen LogP) is 0.492. The van der Waals surface area contributed by atoms with Gasteiger partial charge in [-0.1, -0.05) is 11.5 Å². The summed E-state index contributed by atoms with van der Waals surface area (Å²) in [6.45, 7) is 1.62. The molecule has 0 atom stereocenters. The number of ether oxygens (including phenoxy) is 1. The summed E-state index contributed by atoms with van der Waals surface area (Å²) in [6.07, 6.45) is 1.49. The van der Waals surface area contributed by atoms with Crippen LogP contribution in [0.2, 0.25) is 0 Å². The molecule has 1 aromatic heterocycles. The van der Waals surface area contributed by atoms with E-state index in [1.54, 1.807) is 22.5 Å². The van der Waals surface area contributed by atoms with Gasteiger partial charge in [-0.05, 0) is 0 Å². The molecule has 0 amide bonds. The molecular weight excluding hydrogens is 176 g/mol. The molecule has 0 radical (unpaired) electrons. The standard InChI is InChI=1S/C4H5NOS.C3H5NO/c1-5-4(6)2-3-7-5;1-2-5-3-4-1/h2-3H,1H3;3H,1-2H2. The second-order valence-corrected chi connectivity index (χ2v) is 3.16. The van der Waals surface area contributed by atoms with Crippen LogP contribution in [0, 0.1) is 0 Å². The van der Waals surface area contributed by atoms with Crippen LogP contribution in [0.1, 0.15) is 0 Å². The molecular formula is C7H10N2O2S. The first-order chi connectivity index (χ1) is 5.80. The molecule has 1 aromatic rings. The van der Waals surface area contributed by atoms with Gasteiger partial charge in [-0.15, -0.1) is 0 Å². The molecule has 66 valence electrons. The summed E-state index contributed by atoms with van der Waals surface area (Å²) in [6, 6.07) is 1.55. The zero-order valence-corrected chi connectivity index (χ0v) is 7.58. The maximum absolute atomic E-state index is 10.4. The van der Waals surface area contributed by atoms with Gasteiger partial charge < -0.3 is 4.74 Å². The Hall–Kier alpha value is -1.10. The van der Waals surface area contributed by atoms with E-state index in [-0.39, 0.29) is 5.56 Å². The highest BCUT2D eigenvalue weighted by Gasteiger charge is 1.84. The fourth-order valence-corrected chi connectivity index (χ4v) is 1.12. The minimum absolute atomic E-state index is 0.0741. The summed E-state index contributed by atoms with van der Waals surface area (Å²) in [5.74, 6) is 0. The van der Waals surface area contributed by atoms with Crippen molar-refractivity contribution in [3.05, 3.63) is 21.8 Å². The van der Waals surface area contributed by atoms with E-state index in [1.807, 2.05) is 0 Å². The van der Waals surface area contributed by atoms with Gasteiger partial charge in [0.05, 0.1) is 6.54 Å². The van der Waals surface area contributed by atoms with Crippen LogP contribution in [0.4, 0.5) is 0 Å². The van der Waals surface area contributed by atoms with Gasteiger partial charge in [-0.2, -0.15) is 0 Å². The minimum atomic E-state index is 0.0741. The molecule has 1 aliphatic heterocycles. The second kappa shape index (κ2) is 4.71. The average molecular weight is 186 g/mol. The molecule has 0 saturated heterocycles. The number of aromatic nitrogens is 1. The van der Waals surface area contributed by atoms with Gasteiger partial charge in [-0.3, -0.25) is 13.7 Å². The Kier molecular flexibility index (Phi) is 3.53. The van der Waals surface area contributed by atoms with Crippen LogP contribution in [-0.4, -0.2) is 23.5 Å². The quantitative estimate of drug-likeness (QED) is 0.592. The van der Waals surface area contributed by atoms with Crippen molar-refractivity contribution >= 4 is 17.9 Å². The monoisotopic (exact) mass is 186 g/mol. The van der Waals surface area contributed by atoms with Gasteiger partial charge in [0.2, 0.25) is 0 Å². The molecule has 0 bridgehead atoms. The molecule has 4 nitrogen and oxygen atoms in total. The van der Waals surface area contributed by atoms with Crippen molar-refractivity contribution in [1.29, 1.82) is 0 Å². The number of aryl methyl sites for hydroxylation is 1. The maximum Gasteiger partial charge on any atom is 0.260 e. The number of hydrogen-bond donors (Lipinski definition) is 0. The molecule has 0 aliphatic carbocycles. The number of rotatable bonds is 0. The zero-order chi connectivity index (χ0) is 8.81. The number of hydrogen-bond acceptors (Lipinski definition) is 4. The minimum Gasteiger partial charge on any atom is -0.482 e. The topological polar surface area (TPSA) is 43.6 Å². The van der Waals surface area contributed by atoms with E-state index in [1.165, 1.54) is 17.9 Å². The van der Waals surface area contributed by atoms with Crippen LogP contribution < -0.4 is 5.56 Å². The van der Waals surface area contributed by atoms with E-state index in [4.69, 9.17) is 0 Å². The van der Waals surface area contributed by atoms with Gasteiger partial charge in [0.1, 0.15) is 6.61 Å². The molecule has 0 spiro atoms. The van der Waals surface area contributed by atoms with Crippen molar-refractivity contribution in [2.75, 3.05) is 13.2 Å². The zero-order valence-electron chi connectivity index (χ0n) is 6.77. The highest BCUT2D eigenvalue weighted by molar-refractivity contribution is 7.04. The van der Waals surface area contributed by atoms with Crippen molar-refractivity contribution in [2.24, 2.45) is 12.0 Å². The number of nitrogens with zero attached hydrogens (tertiary/aromatic N) is 2. The lowest BCUT2D eigenvalue weighted by Gasteiger charge is -1.76. The second-order valence-electron chi connectivity index (χ2n) is 2.13. The number of aliphatic imine (C=N–C) groups is 1. The van der Waals surface area contributed by atoms with Crippen LogP contribution in [0.5, 0.6) is 0 Å². The van der Waals surface area contributed by atoms with Gasteiger partial charge in [0, 0.05) is 18.5 Å². The Labute approximate surface area is 74.3 Å². The van der Waals surface area contributed by atoms with Crippen molar-refractivity contribution in [3.63, 3.8) is 0 Å². The summed E-state index contributed by atoms with van der Waals surface area (Å²) < 4.78 is 6.22. The fourth-order valence-electron chi connectivity index (χ4n) is 0.600. The molecule has 0 unspecified atom stereocenters. The van der Waals surface area contributed by atoms with E-state index in [0.717, 1.165) is 13.2 Å². The SMILES string of the molecule is C1=NCCO1.Cn1sccc1=O. The van der Waals surface area contributed by atoms with Crippen LogP contribution in [0.15, 0.2) is 21.2 Å². The van der Waals surface area contributed by atoms with Crippen molar-refractivity contribution < 1.29 is 4.74 Å². The third kappa shape index (κ3) is 2.87. The fraction of sp³-hybridized carbons (Fsp3) is 0.429. The van der Waals surface area contributed by atoms with E-state index in [9.17, 15) is 4.79 Å². The molecule has 12 heavy (non-hydrogen) atoms. The molecule has 2 heterocycles. The average Bonchev–Trinajstić information content (AvgIpc) is 2.67. The first kappa shape index (κ1) is 8.99. The molecule has 0 saturated carbocycles. The van der Waals surface area contributed by atoms with Crippen LogP contribution in [-0.2, 0) is 11.8 Å². The van der Waals surface area contributed by atoms with Crippen LogP contribution >= 0.6 is 11.5 Å². The molecule has 0 aromatic carbocycles. The lowest BCUT2D eigenvalue weighted by molar-refractivity contribution is 0.361. The first-order valence-electron chi connectivity index (χ1n) is 3.51. The van der Waals surface area contributed by atoms with E-state index in [2.05, 4.69) is 9.73 Å². The lowest BCUT2D eigenvalue weighted by Crippen LogP contribution is -2.05. The van der Waals surface area contributed by atoms with Gasteiger partial charge in [0.25, 0.3) is 5.56 Å². The molecule has 0 N–H and O–H groups in total. The third-order valence-electron chi connectivity index (χ3n) is 1.23. The van der Waals surface area contributed by atoms with Gasteiger partial charge >= 0.3 is 0 Å². The molecule has 5 heteroatoms. The normalized spacial score (nSPS) is 13.4. The summed E-state index contributed by atoms with van der Waals surface area (Å²) in [5.41, 5.74) is 0.0741. The Morgan fingerprint density at radius 3 is 2.75 bits per heavy atom. The van der Waals surface area contributed by atoms with Crippen molar-refractivity contribution in [1.82, 2.24) is 3.96 Å². The first-order valence-corrected chi connectivity index (χ1v) is 4.35. The van der Waals surface area contributed by atoms with Crippen molar-refractivity contribution in [3.8, 4) is 0 Å². The molecule has 1 aliphatic rings. The summed E-state index contributed by atoms with van der Waals surface area (Å²) in [5, 5.41) is 1.77. The Bertz CT molecular complexity index is 296. The molecule has 0 fully saturated rings. The van der Waals surface area contributed by atoms with Crippen molar-refractivity contribution in [2.45, 2.75) is 0 Å². The Morgan fingerprint density at radius 2 is 2.58 bits per heavy atom.